The second-order valence-corrected chi connectivity index (χ2v) is 7.45. The molecular weight excluding hydrogens is 394 g/mol. The Morgan fingerprint density at radius 3 is 2.77 bits per heavy atom. The second-order valence-electron chi connectivity index (χ2n) is 7.04. The van der Waals surface area contributed by atoms with Crippen molar-refractivity contribution in [3.8, 4) is 11.8 Å². The molecule has 0 bridgehead atoms. The summed E-state index contributed by atoms with van der Waals surface area (Å²) in [6.45, 7) is 5.45. The van der Waals surface area contributed by atoms with Gasteiger partial charge in [-0.3, -0.25) is 0 Å². The van der Waals surface area contributed by atoms with Crippen molar-refractivity contribution in [2.75, 3.05) is 30.8 Å². The lowest BCUT2D eigenvalue weighted by Gasteiger charge is -2.13. The molecule has 0 aliphatic rings. The topological polar surface area (TPSA) is 82.0 Å². The van der Waals surface area contributed by atoms with Crippen LogP contribution in [0.5, 0.6) is 5.75 Å². The molecule has 3 aromatic rings. The van der Waals surface area contributed by atoms with Crippen molar-refractivity contribution < 1.29 is 4.74 Å². The molecule has 0 amide bonds. The summed E-state index contributed by atoms with van der Waals surface area (Å²) in [6.07, 6.45) is 0.817. The number of nitriles is 1. The molecule has 0 saturated heterocycles. The molecule has 6 nitrogen and oxygen atoms in total. The number of nitrogens with zero attached hydrogens (tertiary/aromatic N) is 2. The van der Waals surface area contributed by atoms with Crippen molar-refractivity contribution in [2.24, 2.45) is 0 Å². The molecule has 1 heterocycles. The summed E-state index contributed by atoms with van der Waals surface area (Å²) in [4.78, 5) is 4.69. The first-order chi connectivity index (χ1) is 14.5. The van der Waals surface area contributed by atoms with Gasteiger partial charge in [-0.05, 0) is 62.3 Å². The number of aromatic nitrogens is 1. The molecule has 7 heteroatoms. The Kier molecular flexibility index (Phi) is 7.04. The maximum atomic E-state index is 9.49. The third-order valence-electron chi connectivity index (χ3n) is 4.63. The predicted octanol–water partition coefficient (Wildman–Crippen LogP) is 4.52. The minimum absolute atomic E-state index is 0.552. The van der Waals surface area contributed by atoms with Crippen LogP contribution in [0.1, 0.15) is 23.1 Å². The summed E-state index contributed by atoms with van der Waals surface area (Å²) in [7, 11) is 1.63. The highest BCUT2D eigenvalue weighted by Gasteiger charge is 2.09. The van der Waals surface area contributed by atoms with Crippen molar-refractivity contribution in [3.63, 3.8) is 0 Å². The SMILES string of the molecule is COc1cccc(NC(=S)NCCCNc2nc3c(C)cc(C)cc3cc2C#N)c1. The molecule has 2 aromatic carbocycles. The molecule has 0 aliphatic heterocycles. The smallest absolute Gasteiger partial charge is 0.170 e. The Morgan fingerprint density at radius 1 is 1.17 bits per heavy atom. The van der Waals surface area contributed by atoms with E-state index in [1.54, 1.807) is 7.11 Å². The van der Waals surface area contributed by atoms with Crippen LogP contribution in [0.4, 0.5) is 11.5 Å². The van der Waals surface area contributed by atoms with Gasteiger partial charge >= 0.3 is 0 Å². The number of rotatable bonds is 7. The van der Waals surface area contributed by atoms with Crippen LogP contribution in [0.25, 0.3) is 10.9 Å². The zero-order chi connectivity index (χ0) is 21.5. The van der Waals surface area contributed by atoms with E-state index in [0.717, 1.165) is 39.9 Å². The van der Waals surface area contributed by atoms with Gasteiger partial charge in [0.25, 0.3) is 0 Å². The molecule has 0 saturated carbocycles. The molecule has 3 N–H and O–H groups in total. The number of aryl methyl sites for hydroxylation is 2. The summed E-state index contributed by atoms with van der Waals surface area (Å²) >= 11 is 5.34. The highest BCUT2D eigenvalue weighted by molar-refractivity contribution is 7.80. The molecule has 0 atom stereocenters. The van der Waals surface area contributed by atoms with E-state index in [2.05, 4.69) is 39.1 Å². The molecule has 30 heavy (non-hydrogen) atoms. The van der Waals surface area contributed by atoms with Gasteiger partial charge in [0.2, 0.25) is 0 Å². The van der Waals surface area contributed by atoms with Crippen LogP contribution in [0.3, 0.4) is 0 Å². The average molecular weight is 420 g/mol. The molecule has 0 radical (unpaired) electrons. The third-order valence-corrected chi connectivity index (χ3v) is 4.88. The lowest BCUT2D eigenvalue weighted by Crippen LogP contribution is -2.30. The van der Waals surface area contributed by atoms with Gasteiger partial charge in [0.15, 0.2) is 5.11 Å². The van der Waals surface area contributed by atoms with Gasteiger partial charge in [-0.25, -0.2) is 4.98 Å². The number of pyridine rings is 1. The fourth-order valence-corrected chi connectivity index (χ4v) is 3.46. The summed E-state index contributed by atoms with van der Waals surface area (Å²) in [5.74, 6) is 1.39. The third kappa shape index (κ3) is 5.37. The van der Waals surface area contributed by atoms with Crippen LogP contribution in [-0.2, 0) is 0 Å². The number of ether oxygens (including phenoxy) is 1. The van der Waals surface area contributed by atoms with E-state index >= 15 is 0 Å². The van der Waals surface area contributed by atoms with Crippen LogP contribution in [0, 0.1) is 25.2 Å². The van der Waals surface area contributed by atoms with E-state index in [0.29, 0.717) is 29.6 Å². The Balaban J connectivity index is 1.52. The molecule has 0 unspecified atom stereocenters. The van der Waals surface area contributed by atoms with Crippen LogP contribution in [-0.4, -0.2) is 30.3 Å². The first-order valence-electron chi connectivity index (χ1n) is 9.75. The van der Waals surface area contributed by atoms with Crippen LogP contribution in [0.2, 0.25) is 0 Å². The Morgan fingerprint density at radius 2 is 2.00 bits per heavy atom. The number of benzene rings is 2. The quantitative estimate of drug-likeness (QED) is 0.384. The predicted molar refractivity (Wildman–Crippen MR) is 126 cm³/mol. The van der Waals surface area contributed by atoms with Crippen molar-refractivity contribution in [1.29, 1.82) is 5.26 Å². The number of nitrogens with one attached hydrogen (secondary N) is 3. The fraction of sp³-hybridized carbons (Fsp3) is 0.261. The molecular formula is C23H25N5OS. The van der Waals surface area contributed by atoms with E-state index in [4.69, 9.17) is 17.0 Å². The number of hydrogen-bond acceptors (Lipinski definition) is 5. The molecule has 0 aliphatic carbocycles. The minimum Gasteiger partial charge on any atom is -0.497 e. The highest BCUT2D eigenvalue weighted by atomic mass is 32.1. The monoisotopic (exact) mass is 419 g/mol. The Hall–Kier alpha value is -3.37. The fourth-order valence-electron chi connectivity index (χ4n) is 3.24. The minimum atomic E-state index is 0.552. The van der Waals surface area contributed by atoms with Crippen molar-refractivity contribution in [3.05, 3.63) is 59.2 Å². The van der Waals surface area contributed by atoms with E-state index in [-0.39, 0.29) is 0 Å². The van der Waals surface area contributed by atoms with Gasteiger partial charge < -0.3 is 20.7 Å². The van der Waals surface area contributed by atoms with Crippen LogP contribution < -0.4 is 20.7 Å². The number of fused-ring (bicyclic) bond motifs is 1. The van der Waals surface area contributed by atoms with Gasteiger partial charge in [0.1, 0.15) is 17.6 Å². The number of anilines is 2. The Labute approximate surface area is 182 Å². The molecule has 0 fully saturated rings. The van der Waals surface area contributed by atoms with Crippen LogP contribution >= 0.6 is 12.2 Å². The molecule has 154 valence electrons. The van der Waals surface area contributed by atoms with E-state index in [9.17, 15) is 5.26 Å². The van der Waals surface area contributed by atoms with Crippen LogP contribution in [0.15, 0.2) is 42.5 Å². The highest BCUT2D eigenvalue weighted by Crippen LogP contribution is 2.24. The first kappa shape index (κ1) is 21.3. The maximum absolute atomic E-state index is 9.49. The first-order valence-corrected chi connectivity index (χ1v) is 10.2. The van der Waals surface area contributed by atoms with Gasteiger partial charge in [-0.2, -0.15) is 5.26 Å². The maximum Gasteiger partial charge on any atom is 0.170 e. The largest absolute Gasteiger partial charge is 0.497 e. The summed E-state index contributed by atoms with van der Waals surface area (Å²) in [5.41, 5.74) is 4.61. The summed E-state index contributed by atoms with van der Waals surface area (Å²) < 4.78 is 5.21. The van der Waals surface area contributed by atoms with E-state index in [1.165, 1.54) is 0 Å². The van der Waals surface area contributed by atoms with Crippen molar-refractivity contribution in [1.82, 2.24) is 10.3 Å². The second kappa shape index (κ2) is 9.90. The zero-order valence-corrected chi connectivity index (χ0v) is 18.2. The van der Waals surface area contributed by atoms with Crippen molar-refractivity contribution in [2.45, 2.75) is 20.3 Å². The van der Waals surface area contributed by atoms with E-state index < -0.39 is 0 Å². The zero-order valence-electron chi connectivity index (χ0n) is 17.4. The molecule has 0 spiro atoms. The Bertz CT molecular complexity index is 1110. The lowest BCUT2D eigenvalue weighted by molar-refractivity contribution is 0.415. The average Bonchev–Trinajstić information content (AvgIpc) is 2.73. The lowest BCUT2D eigenvalue weighted by atomic mass is 10.1. The van der Waals surface area contributed by atoms with E-state index in [1.807, 2.05) is 44.2 Å². The molecule has 3 rings (SSSR count). The van der Waals surface area contributed by atoms with Gasteiger partial charge in [0.05, 0.1) is 18.2 Å². The van der Waals surface area contributed by atoms with Gasteiger partial charge in [-0.1, -0.05) is 17.7 Å². The van der Waals surface area contributed by atoms with Gasteiger partial charge in [0, 0.05) is 30.2 Å². The van der Waals surface area contributed by atoms with Crippen molar-refractivity contribution >= 4 is 39.7 Å². The number of thiocarbonyl (C=S) groups is 1. The standard InChI is InChI=1S/C23H25N5OS/c1-15-10-16(2)21-17(11-15)12-18(14-24)22(28-21)25-8-5-9-26-23(30)27-19-6-4-7-20(13-19)29-3/h4,6-7,10-13H,5,8-9H2,1-3H3,(H,25,28)(H2,26,27,30). The molecule has 1 aromatic heterocycles. The number of methoxy groups -OCH3 is 1. The van der Waals surface area contributed by atoms with Gasteiger partial charge in [-0.15, -0.1) is 0 Å². The number of hydrogen-bond donors (Lipinski definition) is 3. The summed E-state index contributed by atoms with van der Waals surface area (Å²) in [5, 5.41) is 20.6. The normalized spacial score (nSPS) is 10.3. The summed E-state index contributed by atoms with van der Waals surface area (Å²) in [6, 6.07) is 15.9.